The third kappa shape index (κ3) is 2.34. The van der Waals surface area contributed by atoms with E-state index in [0.717, 1.165) is 0 Å². The lowest BCUT2D eigenvalue weighted by Gasteiger charge is -2.22. The number of hydrogen-bond donors (Lipinski definition) is 2. The third-order valence-corrected chi connectivity index (χ3v) is 2.96. The normalized spacial score (nSPS) is 17.4. The van der Waals surface area contributed by atoms with Gasteiger partial charge in [0.05, 0.1) is 0 Å². The van der Waals surface area contributed by atoms with Gasteiger partial charge in [-0.15, -0.1) is 0 Å². The van der Waals surface area contributed by atoms with E-state index in [9.17, 15) is 13.2 Å². The molecule has 18 heavy (non-hydrogen) atoms. The summed E-state index contributed by atoms with van der Waals surface area (Å²) >= 11 is 0. The van der Waals surface area contributed by atoms with Crippen molar-refractivity contribution < 1.29 is 13.2 Å². The number of anilines is 2. The van der Waals surface area contributed by atoms with Crippen molar-refractivity contribution >= 4 is 11.8 Å². The van der Waals surface area contributed by atoms with Crippen LogP contribution in [0.2, 0.25) is 0 Å². The molecule has 2 N–H and O–H groups in total. The first-order valence-electron chi connectivity index (χ1n) is 5.80. The summed E-state index contributed by atoms with van der Waals surface area (Å²) in [6.07, 6.45) is -2.55. The Kier molecular flexibility index (Phi) is 3.08. The Morgan fingerprint density at radius 1 is 1.39 bits per heavy atom. The zero-order chi connectivity index (χ0) is 13.4. The van der Waals surface area contributed by atoms with Crippen LogP contribution in [0.5, 0.6) is 0 Å². The van der Waals surface area contributed by atoms with Crippen molar-refractivity contribution in [2.75, 3.05) is 17.2 Å². The van der Waals surface area contributed by atoms with Crippen LogP contribution < -0.4 is 10.6 Å². The molecule has 4 nitrogen and oxygen atoms in total. The minimum Gasteiger partial charge on any atom is -0.356 e. The predicted molar refractivity (Wildman–Crippen MR) is 62.6 cm³/mol. The predicted octanol–water partition coefficient (Wildman–Crippen LogP) is 2.72. The van der Waals surface area contributed by atoms with Gasteiger partial charge in [-0.25, -0.2) is 4.98 Å². The first-order valence-corrected chi connectivity index (χ1v) is 5.80. The molecule has 1 aromatic heterocycles. The van der Waals surface area contributed by atoms with Crippen LogP contribution in [0, 0.1) is 6.92 Å². The maximum atomic E-state index is 12.8. The van der Waals surface area contributed by atoms with E-state index in [4.69, 9.17) is 0 Å². The number of rotatable bonds is 4. The molecule has 0 atom stereocenters. The molecule has 100 valence electrons. The van der Waals surface area contributed by atoms with E-state index in [-0.39, 0.29) is 18.7 Å². The van der Waals surface area contributed by atoms with Crippen LogP contribution in [0.1, 0.15) is 25.3 Å². The van der Waals surface area contributed by atoms with Crippen LogP contribution in [0.4, 0.5) is 24.9 Å². The first kappa shape index (κ1) is 12.9. The largest absolute Gasteiger partial charge is 0.411 e. The van der Waals surface area contributed by atoms with Crippen molar-refractivity contribution in [1.29, 1.82) is 0 Å². The van der Waals surface area contributed by atoms with E-state index < -0.39 is 11.7 Å². The van der Waals surface area contributed by atoms with Gasteiger partial charge >= 0.3 is 6.18 Å². The van der Waals surface area contributed by atoms with Gasteiger partial charge in [-0.05, 0) is 26.7 Å². The smallest absolute Gasteiger partial charge is 0.356 e. The molecule has 0 bridgehead atoms. The quantitative estimate of drug-likeness (QED) is 0.874. The molecule has 1 heterocycles. The van der Waals surface area contributed by atoms with Gasteiger partial charge in [-0.2, -0.15) is 18.2 Å². The van der Waals surface area contributed by atoms with E-state index in [0.29, 0.717) is 18.1 Å². The number of nitrogens with one attached hydrogen (secondary N) is 2. The van der Waals surface area contributed by atoms with E-state index in [1.165, 1.54) is 6.20 Å². The molecule has 7 heteroatoms. The van der Waals surface area contributed by atoms with Gasteiger partial charge < -0.3 is 10.6 Å². The van der Waals surface area contributed by atoms with Gasteiger partial charge in [0.15, 0.2) is 0 Å². The van der Waals surface area contributed by atoms with E-state index in [1.54, 1.807) is 6.92 Å². The van der Waals surface area contributed by atoms with Gasteiger partial charge in [0.2, 0.25) is 5.95 Å². The van der Waals surface area contributed by atoms with Crippen molar-refractivity contribution in [3.63, 3.8) is 0 Å². The molecule has 1 fully saturated rings. The number of aromatic nitrogens is 2. The number of hydrogen-bond acceptors (Lipinski definition) is 4. The zero-order valence-electron chi connectivity index (χ0n) is 10.2. The maximum Gasteiger partial charge on any atom is 0.411 e. The standard InChI is InChI=1S/C11H15F3N4/c1-3-15-9-16-6-7(2)8(17-9)18-10(4-5-10)11(12,13)14/h6H,3-5H2,1-2H3,(H2,15,16,17,18). The summed E-state index contributed by atoms with van der Waals surface area (Å²) in [5, 5.41) is 5.40. The van der Waals surface area contributed by atoms with Crippen molar-refractivity contribution in [2.45, 2.75) is 38.4 Å². The summed E-state index contributed by atoms with van der Waals surface area (Å²) in [6.45, 7) is 4.17. The number of halogens is 3. The molecular formula is C11H15F3N4. The summed E-state index contributed by atoms with van der Waals surface area (Å²) in [7, 11) is 0. The maximum absolute atomic E-state index is 12.8. The topological polar surface area (TPSA) is 49.8 Å². The Morgan fingerprint density at radius 2 is 2.06 bits per heavy atom. The molecule has 1 aliphatic rings. The lowest BCUT2D eigenvalue weighted by molar-refractivity contribution is -0.151. The van der Waals surface area contributed by atoms with Crippen LogP contribution in [-0.2, 0) is 0 Å². The second kappa shape index (κ2) is 4.29. The first-order chi connectivity index (χ1) is 8.38. The molecule has 1 aromatic rings. The fraction of sp³-hybridized carbons (Fsp3) is 0.636. The van der Waals surface area contributed by atoms with Gasteiger partial charge in [-0.3, -0.25) is 0 Å². The monoisotopic (exact) mass is 260 g/mol. The van der Waals surface area contributed by atoms with Crippen LogP contribution in [0.15, 0.2) is 6.20 Å². The molecule has 0 saturated heterocycles. The molecule has 0 radical (unpaired) electrons. The summed E-state index contributed by atoms with van der Waals surface area (Å²) in [6, 6.07) is 0. The Morgan fingerprint density at radius 3 is 2.56 bits per heavy atom. The van der Waals surface area contributed by atoms with Gasteiger partial charge in [0.1, 0.15) is 11.4 Å². The Balaban J connectivity index is 2.21. The van der Waals surface area contributed by atoms with E-state index >= 15 is 0 Å². The van der Waals surface area contributed by atoms with Crippen molar-refractivity contribution in [3.05, 3.63) is 11.8 Å². The molecule has 0 unspecified atom stereocenters. The zero-order valence-corrected chi connectivity index (χ0v) is 10.2. The van der Waals surface area contributed by atoms with Gasteiger partial charge in [0.25, 0.3) is 0 Å². The Labute approximate surface area is 103 Å². The van der Waals surface area contributed by atoms with Gasteiger partial charge in [-0.1, -0.05) is 0 Å². The number of alkyl halides is 3. The van der Waals surface area contributed by atoms with Crippen LogP contribution in [0.25, 0.3) is 0 Å². The summed E-state index contributed by atoms with van der Waals surface area (Å²) in [5.74, 6) is 0.583. The lowest BCUT2D eigenvalue weighted by Crippen LogP contribution is -2.39. The number of nitrogens with zero attached hydrogens (tertiary/aromatic N) is 2. The average molecular weight is 260 g/mol. The van der Waals surface area contributed by atoms with E-state index in [2.05, 4.69) is 20.6 Å². The Bertz CT molecular complexity index is 440. The molecule has 0 amide bonds. The van der Waals surface area contributed by atoms with Crippen molar-refractivity contribution in [3.8, 4) is 0 Å². The fourth-order valence-corrected chi connectivity index (χ4v) is 1.64. The molecule has 1 saturated carbocycles. The minimum atomic E-state index is -4.25. The minimum absolute atomic E-state index is 0.0937. The summed E-state index contributed by atoms with van der Waals surface area (Å²) < 4.78 is 38.5. The van der Waals surface area contributed by atoms with Crippen LogP contribution >= 0.6 is 0 Å². The summed E-state index contributed by atoms with van der Waals surface area (Å²) in [4.78, 5) is 8.07. The Hall–Kier alpha value is -1.53. The molecule has 2 rings (SSSR count). The van der Waals surface area contributed by atoms with Crippen molar-refractivity contribution in [2.24, 2.45) is 0 Å². The molecule has 1 aliphatic carbocycles. The van der Waals surface area contributed by atoms with Crippen LogP contribution in [-0.4, -0.2) is 28.2 Å². The van der Waals surface area contributed by atoms with Crippen molar-refractivity contribution in [1.82, 2.24) is 9.97 Å². The summed E-state index contributed by atoms with van der Waals surface area (Å²) in [5.41, 5.74) is -1.19. The molecule has 0 aliphatic heterocycles. The van der Waals surface area contributed by atoms with E-state index in [1.807, 2.05) is 6.92 Å². The molecular weight excluding hydrogens is 245 g/mol. The SMILES string of the molecule is CCNc1ncc(C)c(NC2(C(F)(F)F)CC2)n1. The fourth-order valence-electron chi connectivity index (χ4n) is 1.64. The third-order valence-electron chi connectivity index (χ3n) is 2.96. The van der Waals surface area contributed by atoms with Crippen LogP contribution in [0.3, 0.4) is 0 Å². The lowest BCUT2D eigenvalue weighted by atomic mass is 10.2. The number of aryl methyl sites for hydroxylation is 1. The second-order valence-corrected chi connectivity index (χ2v) is 4.46. The molecule has 0 spiro atoms. The average Bonchev–Trinajstić information content (AvgIpc) is 3.04. The highest BCUT2D eigenvalue weighted by molar-refractivity contribution is 5.50. The highest BCUT2D eigenvalue weighted by Gasteiger charge is 2.63. The highest BCUT2D eigenvalue weighted by atomic mass is 19.4. The molecule has 0 aromatic carbocycles. The highest BCUT2D eigenvalue weighted by Crippen LogP contribution is 2.51. The second-order valence-electron chi connectivity index (χ2n) is 4.46. The van der Waals surface area contributed by atoms with Gasteiger partial charge in [0, 0.05) is 18.3 Å².